The van der Waals surface area contributed by atoms with E-state index in [1.54, 1.807) is 11.9 Å². The van der Waals surface area contributed by atoms with Crippen molar-refractivity contribution in [3.63, 3.8) is 0 Å². The van der Waals surface area contributed by atoms with Gasteiger partial charge >= 0.3 is 6.01 Å². The van der Waals surface area contributed by atoms with E-state index in [0.717, 1.165) is 6.42 Å². The Morgan fingerprint density at radius 1 is 1.44 bits per heavy atom. The molecule has 18 heavy (non-hydrogen) atoms. The van der Waals surface area contributed by atoms with Crippen molar-refractivity contribution < 1.29 is 9.21 Å². The zero-order valence-corrected chi connectivity index (χ0v) is 11.4. The van der Waals surface area contributed by atoms with Gasteiger partial charge in [0.25, 0.3) is 0 Å². The second kappa shape index (κ2) is 6.95. The van der Waals surface area contributed by atoms with Gasteiger partial charge in [0.1, 0.15) is 6.54 Å². The van der Waals surface area contributed by atoms with Crippen LogP contribution in [0.2, 0.25) is 0 Å². The molecule has 0 aliphatic rings. The fourth-order valence-electron chi connectivity index (χ4n) is 1.42. The van der Waals surface area contributed by atoms with Gasteiger partial charge in [-0.25, -0.2) is 0 Å². The third kappa shape index (κ3) is 3.69. The number of carbonyl (C=O) groups excluding carboxylic acids is 1. The Labute approximate surface area is 107 Å². The maximum atomic E-state index is 11.4. The van der Waals surface area contributed by atoms with E-state index in [1.807, 2.05) is 20.9 Å². The number of amides is 1. The van der Waals surface area contributed by atoms with Gasteiger partial charge in [0.2, 0.25) is 11.8 Å². The second-order valence-corrected chi connectivity index (χ2v) is 4.03. The lowest BCUT2D eigenvalue weighted by Gasteiger charge is -2.18. The van der Waals surface area contributed by atoms with Gasteiger partial charge < -0.3 is 20.0 Å². The Morgan fingerprint density at radius 3 is 2.72 bits per heavy atom. The molecule has 7 heteroatoms. The van der Waals surface area contributed by atoms with Gasteiger partial charge in [-0.2, -0.15) is 0 Å². The van der Waals surface area contributed by atoms with E-state index in [9.17, 15) is 4.79 Å². The summed E-state index contributed by atoms with van der Waals surface area (Å²) in [7, 11) is 3.43. The molecule has 2 N–H and O–H groups in total. The standard InChI is InChI=1S/C11H21N5O2/c1-5-6-16(7-9(17)13-4)11-15-14-10(18-11)8(2)12-3/h8,12H,5-7H2,1-4H3,(H,13,17). The first kappa shape index (κ1) is 14.4. The Kier molecular flexibility index (Phi) is 5.57. The number of hydrogen-bond donors (Lipinski definition) is 2. The van der Waals surface area contributed by atoms with Gasteiger partial charge in [-0.1, -0.05) is 12.0 Å². The molecule has 1 aromatic heterocycles. The van der Waals surface area contributed by atoms with Crippen LogP contribution in [0.4, 0.5) is 6.01 Å². The van der Waals surface area contributed by atoms with E-state index in [0.29, 0.717) is 18.5 Å². The number of hydrogen-bond acceptors (Lipinski definition) is 6. The van der Waals surface area contributed by atoms with E-state index in [2.05, 4.69) is 20.8 Å². The summed E-state index contributed by atoms with van der Waals surface area (Å²) in [6.45, 7) is 4.88. The minimum atomic E-state index is -0.0788. The zero-order valence-electron chi connectivity index (χ0n) is 11.4. The summed E-state index contributed by atoms with van der Waals surface area (Å²) in [6, 6.07) is 0.382. The quantitative estimate of drug-likeness (QED) is 0.729. The highest BCUT2D eigenvalue weighted by molar-refractivity contribution is 5.80. The molecule has 1 aromatic rings. The monoisotopic (exact) mass is 255 g/mol. The Morgan fingerprint density at radius 2 is 2.17 bits per heavy atom. The topological polar surface area (TPSA) is 83.3 Å². The first-order valence-electron chi connectivity index (χ1n) is 6.08. The average molecular weight is 255 g/mol. The van der Waals surface area contributed by atoms with Crippen molar-refractivity contribution in [1.82, 2.24) is 20.8 Å². The van der Waals surface area contributed by atoms with Gasteiger partial charge in [-0.05, 0) is 20.4 Å². The van der Waals surface area contributed by atoms with Crippen LogP contribution in [0.3, 0.4) is 0 Å². The van der Waals surface area contributed by atoms with E-state index < -0.39 is 0 Å². The van der Waals surface area contributed by atoms with Gasteiger partial charge in [-0.15, -0.1) is 5.10 Å². The minimum Gasteiger partial charge on any atom is -0.406 e. The molecule has 0 fully saturated rings. The molecular formula is C11H21N5O2. The van der Waals surface area contributed by atoms with E-state index in [4.69, 9.17) is 4.42 Å². The van der Waals surface area contributed by atoms with Crippen LogP contribution < -0.4 is 15.5 Å². The first-order chi connectivity index (χ1) is 8.62. The first-order valence-corrected chi connectivity index (χ1v) is 6.08. The van der Waals surface area contributed by atoms with Gasteiger partial charge in [0, 0.05) is 13.6 Å². The maximum absolute atomic E-state index is 11.4. The van der Waals surface area contributed by atoms with E-state index in [1.165, 1.54) is 0 Å². The van der Waals surface area contributed by atoms with E-state index in [-0.39, 0.29) is 18.5 Å². The van der Waals surface area contributed by atoms with Crippen molar-refractivity contribution in [2.45, 2.75) is 26.3 Å². The molecule has 0 saturated carbocycles. The average Bonchev–Trinajstić information content (AvgIpc) is 2.86. The molecule has 0 spiro atoms. The number of likely N-dealkylation sites (N-methyl/N-ethyl adjacent to an activating group) is 1. The summed E-state index contributed by atoms with van der Waals surface area (Å²) >= 11 is 0. The van der Waals surface area contributed by atoms with Crippen molar-refractivity contribution in [2.24, 2.45) is 0 Å². The van der Waals surface area contributed by atoms with Gasteiger partial charge in [0.15, 0.2) is 0 Å². The lowest BCUT2D eigenvalue weighted by atomic mass is 10.3. The normalized spacial score (nSPS) is 12.2. The molecule has 1 atom stereocenters. The summed E-state index contributed by atoms with van der Waals surface area (Å²) in [5.74, 6) is 0.440. The smallest absolute Gasteiger partial charge is 0.318 e. The summed E-state index contributed by atoms with van der Waals surface area (Å²) in [5, 5.41) is 13.6. The van der Waals surface area contributed by atoms with Gasteiger partial charge in [0.05, 0.1) is 6.04 Å². The molecule has 0 aliphatic carbocycles. The highest BCUT2D eigenvalue weighted by Gasteiger charge is 2.18. The van der Waals surface area contributed by atoms with Crippen LogP contribution in [0.15, 0.2) is 4.42 Å². The maximum Gasteiger partial charge on any atom is 0.318 e. The van der Waals surface area contributed by atoms with Crippen LogP contribution in [0.5, 0.6) is 0 Å². The molecule has 0 aromatic carbocycles. The van der Waals surface area contributed by atoms with Crippen LogP contribution in [-0.2, 0) is 4.79 Å². The molecule has 7 nitrogen and oxygen atoms in total. The van der Waals surface area contributed by atoms with Gasteiger partial charge in [-0.3, -0.25) is 4.79 Å². The summed E-state index contributed by atoms with van der Waals surface area (Å²) in [6.07, 6.45) is 0.899. The third-order valence-electron chi connectivity index (χ3n) is 2.61. The number of carbonyl (C=O) groups is 1. The van der Waals surface area contributed by atoms with Crippen molar-refractivity contribution in [2.75, 3.05) is 32.1 Å². The highest BCUT2D eigenvalue weighted by Crippen LogP contribution is 2.16. The number of nitrogens with one attached hydrogen (secondary N) is 2. The number of aromatic nitrogens is 2. The minimum absolute atomic E-state index is 0.00488. The van der Waals surface area contributed by atoms with Crippen LogP contribution in [0, 0.1) is 0 Å². The molecule has 0 radical (unpaired) electrons. The van der Waals surface area contributed by atoms with Crippen molar-refractivity contribution >= 4 is 11.9 Å². The summed E-state index contributed by atoms with van der Waals surface area (Å²) in [4.78, 5) is 13.2. The van der Waals surface area contributed by atoms with Crippen LogP contribution in [0.25, 0.3) is 0 Å². The van der Waals surface area contributed by atoms with Crippen LogP contribution in [-0.4, -0.2) is 43.3 Å². The largest absolute Gasteiger partial charge is 0.406 e. The number of nitrogens with zero attached hydrogens (tertiary/aromatic N) is 3. The molecule has 0 aliphatic heterocycles. The molecule has 1 rings (SSSR count). The highest BCUT2D eigenvalue weighted by atomic mass is 16.4. The molecule has 0 saturated heterocycles. The predicted molar refractivity (Wildman–Crippen MR) is 68.3 cm³/mol. The lowest BCUT2D eigenvalue weighted by Crippen LogP contribution is -2.36. The Balaban J connectivity index is 2.78. The lowest BCUT2D eigenvalue weighted by molar-refractivity contribution is -0.119. The zero-order chi connectivity index (χ0) is 13.5. The fraction of sp³-hybridized carbons (Fsp3) is 0.727. The molecule has 1 heterocycles. The summed E-state index contributed by atoms with van der Waals surface area (Å²) in [5.41, 5.74) is 0. The van der Waals surface area contributed by atoms with Crippen molar-refractivity contribution in [3.05, 3.63) is 5.89 Å². The molecule has 1 amide bonds. The molecule has 102 valence electrons. The molecular weight excluding hydrogens is 234 g/mol. The fourth-order valence-corrected chi connectivity index (χ4v) is 1.42. The van der Waals surface area contributed by atoms with Crippen molar-refractivity contribution in [3.8, 4) is 0 Å². The Bertz CT molecular complexity index is 379. The van der Waals surface area contributed by atoms with Crippen LogP contribution in [0.1, 0.15) is 32.2 Å². The molecule has 0 bridgehead atoms. The second-order valence-electron chi connectivity index (χ2n) is 4.03. The number of anilines is 1. The molecule has 1 unspecified atom stereocenters. The van der Waals surface area contributed by atoms with E-state index >= 15 is 0 Å². The predicted octanol–water partition coefficient (Wildman–Crippen LogP) is 0.312. The Hall–Kier alpha value is -1.63. The number of rotatable bonds is 7. The van der Waals surface area contributed by atoms with Crippen molar-refractivity contribution in [1.29, 1.82) is 0 Å². The summed E-state index contributed by atoms with van der Waals surface area (Å²) < 4.78 is 5.56. The van der Waals surface area contributed by atoms with Crippen LogP contribution >= 0.6 is 0 Å². The SMILES string of the molecule is CCCN(CC(=O)NC)c1nnc(C(C)NC)o1. The third-order valence-corrected chi connectivity index (χ3v) is 2.61.